The van der Waals surface area contributed by atoms with E-state index in [1.807, 2.05) is 54.6 Å². The molecule has 0 spiro atoms. The number of nitrogens with zero attached hydrogens (tertiary/aromatic N) is 3. The second-order valence-electron chi connectivity index (χ2n) is 6.99. The topological polar surface area (TPSA) is 56.5 Å². The van der Waals surface area contributed by atoms with Gasteiger partial charge >= 0.3 is 0 Å². The summed E-state index contributed by atoms with van der Waals surface area (Å²) >= 11 is 1.35. The number of thiazole rings is 1. The Morgan fingerprint density at radius 1 is 1.03 bits per heavy atom. The van der Waals surface area contributed by atoms with Gasteiger partial charge in [0.05, 0.1) is 11.1 Å². The fourth-order valence-corrected chi connectivity index (χ4v) is 4.29. The molecule has 0 saturated heterocycles. The van der Waals surface area contributed by atoms with E-state index in [2.05, 4.69) is 35.2 Å². The van der Waals surface area contributed by atoms with Crippen LogP contribution in [-0.4, -0.2) is 21.2 Å². The van der Waals surface area contributed by atoms with Gasteiger partial charge < -0.3 is 4.74 Å². The molecule has 5 aromatic rings. The first kappa shape index (κ1) is 18.5. The third kappa shape index (κ3) is 3.35. The molecule has 0 amide bonds. The van der Waals surface area contributed by atoms with Gasteiger partial charge in [0, 0.05) is 5.56 Å². The Kier molecular flexibility index (Phi) is 4.77. The first-order chi connectivity index (χ1) is 14.7. The van der Waals surface area contributed by atoms with Crippen molar-refractivity contribution in [1.82, 2.24) is 14.6 Å². The summed E-state index contributed by atoms with van der Waals surface area (Å²) < 4.78 is 7.62. The van der Waals surface area contributed by atoms with Crippen molar-refractivity contribution in [3.8, 4) is 17.1 Å². The molecule has 148 valence electrons. The SMILES string of the molecule is CCCOc1ccc(-c2nc3s/c(=C\c4cccc5ccccc45)c(=O)n3n2)cc1. The molecule has 0 N–H and O–H groups in total. The molecule has 2 heterocycles. The van der Waals surface area contributed by atoms with E-state index in [0.29, 0.717) is 21.9 Å². The van der Waals surface area contributed by atoms with Gasteiger partial charge in [0.15, 0.2) is 5.82 Å². The molecule has 0 radical (unpaired) electrons. The van der Waals surface area contributed by atoms with E-state index in [1.54, 1.807) is 0 Å². The van der Waals surface area contributed by atoms with Crippen molar-refractivity contribution in [1.29, 1.82) is 0 Å². The Morgan fingerprint density at radius 2 is 1.83 bits per heavy atom. The third-order valence-corrected chi connectivity index (χ3v) is 5.84. The van der Waals surface area contributed by atoms with Crippen molar-refractivity contribution in [2.24, 2.45) is 0 Å². The standard InChI is InChI=1S/C24H19N3O2S/c1-2-14-29-19-12-10-17(11-13-19)22-25-24-27(26-22)23(28)21(30-24)15-18-8-5-7-16-6-3-4-9-20(16)18/h3-13,15H,2,14H2,1H3/b21-15-. The monoisotopic (exact) mass is 413 g/mol. The number of aromatic nitrogens is 3. The summed E-state index contributed by atoms with van der Waals surface area (Å²) in [5.41, 5.74) is 1.72. The van der Waals surface area contributed by atoms with Crippen LogP contribution in [0.15, 0.2) is 71.5 Å². The summed E-state index contributed by atoms with van der Waals surface area (Å²) in [6.45, 7) is 2.76. The maximum Gasteiger partial charge on any atom is 0.291 e. The van der Waals surface area contributed by atoms with Crippen LogP contribution in [0.1, 0.15) is 18.9 Å². The molecule has 3 aromatic carbocycles. The van der Waals surface area contributed by atoms with Crippen LogP contribution in [-0.2, 0) is 0 Å². The minimum absolute atomic E-state index is 0.149. The first-order valence-electron chi connectivity index (χ1n) is 9.85. The second-order valence-corrected chi connectivity index (χ2v) is 8.00. The van der Waals surface area contributed by atoms with Gasteiger partial charge in [-0.1, -0.05) is 60.7 Å². The number of rotatable bonds is 5. The van der Waals surface area contributed by atoms with Gasteiger partial charge in [0.1, 0.15) is 5.75 Å². The average molecular weight is 414 g/mol. The van der Waals surface area contributed by atoms with Crippen molar-refractivity contribution in [3.05, 3.63) is 87.2 Å². The lowest BCUT2D eigenvalue weighted by Gasteiger charge is -2.04. The van der Waals surface area contributed by atoms with Crippen LogP contribution < -0.4 is 14.8 Å². The Morgan fingerprint density at radius 3 is 2.63 bits per heavy atom. The molecule has 0 aliphatic heterocycles. The molecular formula is C24H19N3O2S. The highest BCUT2D eigenvalue weighted by Crippen LogP contribution is 2.21. The predicted molar refractivity (Wildman–Crippen MR) is 121 cm³/mol. The van der Waals surface area contributed by atoms with Crippen molar-refractivity contribution in [2.75, 3.05) is 6.61 Å². The molecule has 5 nitrogen and oxygen atoms in total. The molecular weight excluding hydrogens is 394 g/mol. The largest absolute Gasteiger partial charge is 0.494 e. The minimum atomic E-state index is -0.149. The molecule has 0 unspecified atom stereocenters. The van der Waals surface area contributed by atoms with Gasteiger partial charge in [-0.05, 0) is 53.1 Å². The number of benzene rings is 3. The lowest BCUT2D eigenvalue weighted by molar-refractivity contribution is 0.317. The van der Waals surface area contributed by atoms with E-state index >= 15 is 0 Å². The third-order valence-electron chi connectivity index (χ3n) is 4.88. The maximum absolute atomic E-state index is 12.9. The minimum Gasteiger partial charge on any atom is -0.494 e. The zero-order valence-corrected chi connectivity index (χ0v) is 17.2. The van der Waals surface area contributed by atoms with E-state index in [4.69, 9.17) is 4.74 Å². The highest BCUT2D eigenvalue weighted by Gasteiger charge is 2.12. The molecule has 0 fully saturated rings. The summed E-state index contributed by atoms with van der Waals surface area (Å²) in [5, 5.41) is 6.70. The van der Waals surface area contributed by atoms with Gasteiger partial charge in [-0.3, -0.25) is 4.79 Å². The van der Waals surface area contributed by atoms with Crippen LogP contribution in [0.4, 0.5) is 0 Å². The smallest absolute Gasteiger partial charge is 0.291 e. The molecule has 5 rings (SSSR count). The quantitative estimate of drug-likeness (QED) is 0.431. The summed E-state index contributed by atoms with van der Waals surface area (Å²) in [7, 11) is 0. The van der Waals surface area contributed by atoms with Crippen LogP contribution >= 0.6 is 11.3 Å². The zero-order chi connectivity index (χ0) is 20.5. The highest BCUT2D eigenvalue weighted by atomic mass is 32.1. The van der Waals surface area contributed by atoms with E-state index < -0.39 is 0 Å². The maximum atomic E-state index is 12.9. The molecule has 0 atom stereocenters. The molecule has 0 bridgehead atoms. The van der Waals surface area contributed by atoms with E-state index in [0.717, 1.165) is 34.1 Å². The fourth-order valence-electron chi connectivity index (χ4n) is 3.39. The normalized spacial score (nSPS) is 12.1. The highest BCUT2D eigenvalue weighted by molar-refractivity contribution is 7.15. The summed E-state index contributed by atoms with van der Waals surface area (Å²) in [6, 6.07) is 21.9. The Labute approximate surface area is 176 Å². The van der Waals surface area contributed by atoms with Gasteiger partial charge in [-0.15, -0.1) is 5.10 Å². The number of hydrogen-bond acceptors (Lipinski definition) is 5. The molecule has 0 aliphatic carbocycles. The lowest BCUT2D eigenvalue weighted by Crippen LogP contribution is -2.23. The number of hydrogen-bond donors (Lipinski definition) is 0. The van der Waals surface area contributed by atoms with Crippen LogP contribution in [0, 0.1) is 0 Å². The zero-order valence-electron chi connectivity index (χ0n) is 16.4. The Bertz CT molecular complexity index is 1450. The molecule has 6 heteroatoms. The van der Waals surface area contributed by atoms with Crippen LogP contribution in [0.25, 0.3) is 33.2 Å². The van der Waals surface area contributed by atoms with E-state index in [-0.39, 0.29) is 5.56 Å². The van der Waals surface area contributed by atoms with Gasteiger partial charge in [0.25, 0.3) is 5.56 Å². The van der Waals surface area contributed by atoms with Crippen molar-refractivity contribution in [2.45, 2.75) is 13.3 Å². The summed E-state index contributed by atoms with van der Waals surface area (Å²) in [4.78, 5) is 18.1. The van der Waals surface area contributed by atoms with Crippen LogP contribution in [0.3, 0.4) is 0 Å². The van der Waals surface area contributed by atoms with E-state index in [1.165, 1.54) is 15.9 Å². The summed E-state index contributed by atoms with van der Waals surface area (Å²) in [5.74, 6) is 1.36. The van der Waals surface area contributed by atoms with Crippen LogP contribution in [0.2, 0.25) is 0 Å². The molecule has 2 aromatic heterocycles. The average Bonchev–Trinajstić information content (AvgIpc) is 3.32. The van der Waals surface area contributed by atoms with Crippen molar-refractivity contribution < 1.29 is 4.74 Å². The van der Waals surface area contributed by atoms with Gasteiger partial charge in [-0.25, -0.2) is 0 Å². The predicted octanol–water partition coefficient (Wildman–Crippen LogP) is 4.31. The molecule has 0 aliphatic rings. The lowest BCUT2D eigenvalue weighted by atomic mass is 10.0. The summed E-state index contributed by atoms with van der Waals surface area (Å²) in [6.07, 6.45) is 2.89. The van der Waals surface area contributed by atoms with Gasteiger partial charge in [-0.2, -0.15) is 9.50 Å². The first-order valence-corrected chi connectivity index (χ1v) is 10.7. The van der Waals surface area contributed by atoms with Crippen molar-refractivity contribution in [3.63, 3.8) is 0 Å². The number of fused-ring (bicyclic) bond motifs is 2. The van der Waals surface area contributed by atoms with Crippen molar-refractivity contribution >= 4 is 33.1 Å². The molecule has 30 heavy (non-hydrogen) atoms. The second kappa shape index (κ2) is 7.72. The molecule has 0 saturated carbocycles. The van der Waals surface area contributed by atoms with E-state index in [9.17, 15) is 4.79 Å². The van der Waals surface area contributed by atoms with Gasteiger partial charge in [0.2, 0.25) is 4.96 Å². The fraction of sp³-hybridized carbons (Fsp3) is 0.125. The Hall–Kier alpha value is -3.51. The Balaban J connectivity index is 1.53. The number of ether oxygens (including phenoxy) is 1. The van der Waals surface area contributed by atoms with Crippen LogP contribution in [0.5, 0.6) is 5.75 Å².